The van der Waals surface area contributed by atoms with E-state index in [2.05, 4.69) is 0 Å². The second-order valence-electron chi connectivity index (χ2n) is 3.85. The third kappa shape index (κ3) is 14.3. The Hall–Kier alpha value is -1.89. The molecule has 0 unspecified atom stereocenters. The summed E-state index contributed by atoms with van der Waals surface area (Å²) >= 11 is 0. The SMILES string of the molecule is [Ti+4].c1cc[cH-]c1.c1cc[cH-]c1.c1cc[cH-]c1.c1cc[cH-]c1. The third-order valence-corrected chi connectivity index (χ3v) is 2.22. The van der Waals surface area contributed by atoms with Gasteiger partial charge in [-0.2, -0.15) is 72.8 Å². The van der Waals surface area contributed by atoms with Crippen LogP contribution in [0, 0.1) is 0 Å². The van der Waals surface area contributed by atoms with Gasteiger partial charge < -0.3 is 0 Å². The fourth-order valence-electron chi connectivity index (χ4n) is 1.28. The van der Waals surface area contributed by atoms with Crippen LogP contribution in [0.3, 0.4) is 0 Å². The van der Waals surface area contributed by atoms with Gasteiger partial charge in [0.25, 0.3) is 0 Å². The van der Waals surface area contributed by atoms with E-state index in [1.807, 2.05) is 121 Å². The van der Waals surface area contributed by atoms with Gasteiger partial charge in [0.1, 0.15) is 0 Å². The van der Waals surface area contributed by atoms with Crippen LogP contribution in [0.15, 0.2) is 121 Å². The van der Waals surface area contributed by atoms with Crippen molar-refractivity contribution in [2.24, 2.45) is 0 Å². The Labute approximate surface area is 143 Å². The Kier molecular flexibility index (Phi) is 14.7. The molecule has 0 heterocycles. The van der Waals surface area contributed by atoms with E-state index in [9.17, 15) is 0 Å². The van der Waals surface area contributed by atoms with Gasteiger partial charge in [-0.25, -0.2) is 48.5 Å². The van der Waals surface area contributed by atoms with Crippen molar-refractivity contribution in [2.45, 2.75) is 0 Å². The molecule has 0 atom stereocenters. The Morgan fingerprint density at radius 2 is 0.429 bits per heavy atom. The summed E-state index contributed by atoms with van der Waals surface area (Å²) in [6.07, 6.45) is 0. The van der Waals surface area contributed by atoms with E-state index in [4.69, 9.17) is 0 Å². The van der Waals surface area contributed by atoms with Crippen LogP contribution >= 0.6 is 0 Å². The molecule has 0 saturated carbocycles. The van der Waals surface area contributed by atoms with E-state index in [1.165, 1.54) is 0 Å². The van der Waals surface area contributed by atoms with Crippen LogP contribution in [0.4, 0.5) is 0 Å². The second kappa shape index (κ2) is 16.2. The van der Waals surface area contributed by atoms with Crippen molar-refractivity contribution >= 4 is 0 Å². The van der Waals surface area contributed by atoms with Gasteiger partial charge in [0, 0.05) is 0 Å². The molecule has 21 heavy (non-hydrogen) atoms. The molecule has 0 aromatic heterocycles. The summed E-state index contributed by atoms with van der Waals surface area (Å²) < 4.78 is 0. The minimum atomic E-state index is 0. The number of hydrogen-bond donors (Lipinski definition) is 0. The maximum atomic E-state index is 2.00. The summed E-state index contributed by atoms with van der Waals surface area (Å²) in [6.45, 7) is 0. The number of hydrogen-bond acceptors (Lipinski definition) is 0. The van der Waals surface area contributed by atoms with Crippen molar-refractivity contribution in [1.29, 1.82) is 0 Å². The second-order valence-corrected chi connectivity index (χ2v) is 3.85. The summed E-state index contributed by atoms with van der Waals surface area (Å²) in [5.41, 5.74) is 0. The Bertz CT molecular complexity index is 337. The van der Waals surface area contributed by atoms with Gasteiger partial charge >= 0.3 is 21.7 Å². The maximum Gasteiger partial charge on any atom is 4.00 e. The summed E-state index contributed by atoms with van der Waals surface area (Å²) in [4.78, 5) is 0. The van der Waals surface area contributed by atoms with Crippen molar-refractivity contribution in [3.63, 3.8) is 0 Å². The van der Waals surface area contributed by atoms with E-state index in [-0.39, 0.29) is 21.7 Å². The molecule has 0 aliphatic heterocycles. The first-order valence-electron chi connectivity index (χ1n) is 6.67. The standard InChI is InChI=1S/4C5H5.Ti/c4*1-2-4-5-3-1;/h4*1-5H;/q4*-1;+4. The van der Waals surface area contributed by atoms with Gasteiger partial charge in [0.2, 0.25) is 0 Å². The Morgan fingerprint density at radius 3 is 0.476 bits per heavy atom. The average Bonchev–Trinajstić information content (AvgIpc) is 3.40. The van der Waals surface area contributed by atoms with Crippen molar-refractivity contribution in [1.82, 2.24) is 0 Å². The van der Waals surface area contributed by atoms with Gasteiger partial charge in [0.05, 0.1) is 0 Å². The van der Waals surface area contributed by atoms with Gasteiger partial charge in [0.15, 0.2) is 0 Å². The Morgan fingerprint density at radius 1 is 0.286 bits per heavy atom. The topological polar surface area (TPSA) is 0 Å². The minimum Gasteiger partial charge on any atom is -0.214 e. The molecule has 104 valence electrons. The summed E-state index contributed by atoms with van der Waals surface area (Å²) in [5.74, 6) is 0. The molecule has 0 fully saturated rings. The van der Waals surface area contributed by atoms with Gasteiger partial charge in [-0.3, -0.25) is 0 Å². The summed E-state index contributed by atoms with van der Waals surface area (Å²) in [6, 6.07) is 40.0. The third-order valence-electron chi connectivity index (χ3n) is 2.22. The van der Waals surface area contributed by atoms with E-state index in [0.717, 1.165) is 0 Å². The van der Waals surface area contributed by atoms with Crippen LogP contribution < -0.4 is 0 Å². The number of rotatable bonds is 0. The van der Waals surface area contributed by atoms with E-state index in [1.54, 1.807) is 0 Å². The Balaban J connectivity index is 0.000000250. The predicted octanol–water partition coefficient (Wildman–Crippen LogP) is 5.62. The summed E-state index contributed by atoms with van der Waals surface area (Å²) in [5, 5.41) is 0. The van der Waals surface area contributed by atoms with Crippen molar-refractivity contribution < 1.29 is 21.7 Å². The maximum absolute atomic E-state index is 2.00. The molecule has 0 saturated heterocycles. The molecule has 0 aliphatic carbocycles. The zero-order valence-corrected chi connectivity index (χ0v) is 13.6. The largest absolute Gasteiger partial charge is 4.00 e. The zero-order chi connectivity index (χ0) is 14.1. The zero-order valence-electron chi connectivity index (χ0n) is 12.0. The molecule has 0 nitrogen and oxygen atoms in total. The van der Waals surface area contributed by atoms with Gasteiger partial charge in [-0.05, 0) is 0 Å². The van der Waals surface area contributed by atoms with Crippen LogP contribution in [-0.4, -0.2) is 0 Å². The predicted molar refractivity (Wildman–Crippen MR) is 88.1 cm³/mol. The minimum absolute atomic E-state index is 0. The molecule has 0 radical (unpaired) electrons. The smallest absolute Gasteiger partial charge is 0.214 e. The molecule has 0 amide bonds. The molecule has 0 aliphatic rings. The van der Waals surface area contributed by atoms with Crippen LogP contribution in [0.2, 0.25) is 0 Å². The molecular weight excluding hydrogens is 288 g/mol. The van der Waals surface area contributed by atoms with E-state index in [0.29, 0.717) is 0 Å². The fourth-order valence-corrected chi connectivity index (χ4v) is 1.28. The van der Waals surface area contributed by atoms with Crippen LogP contribution in [-0.2, 0) is 21.7 Å². The van der Waals surface area contributed by atoms with Gasteiger partial charge in [-0.1, -0.05) is 0 Å². The van der Waals surface area contributed by atoms with Crippen LogP contribution in [0.1, 0.15) is 0 Å². The monoisotopic (exact) mass is 308 g/mol. The molecule has 0 bridgehead atoms. The van der Waals surface area contributed by atoms with Crippen molar-refractivity contribution in [3.05, 3.63) is 121 Å². The first-order valence-corrected chi connectivity index (χ1v) is 6.67. The quantitative estimate of drug-likeness (QED) is 0.292. The first kappa shape index (κ1) is 19.1. The fraction of sp³-hybridized carbons (Fsp3) is 0. The molecule has 4 rings (SSSR count). The molecular formula is C20H20Ti. The molecule has 1 heteroatoms. The summed E-state index contributed by atoms with van der Waals surface area (Å²) in [7, 11) is 0. The van der Waals surface area contributed by atoms with Crippen molar-refractivity contribution in [2.75, 3.05) is 0 Å². The van der Waals surface area contributed by atoms with Crippen LogP contribution in [0.5, 0.6) is 0 Å². The normalized spacial score (nSPS) is 7.62. The molecule has 4 aromatic rings. The van der Waals surface area contributed by atoms with E-state index >= 15 is 0 Å². The van der Waals surface area contributed by atoms with E-state index < -0.39 is 0 Å². The van der Waals surface area contributed by atoms with Gasteiger partial charge in [-0.15, -0.1) is 0 Å². The molecule has 0 spiro atoms. The first-order chi connectivity index (χ1) is 10.0. The molecule has 0 N–H and O–H groups in total. The van der Waals surface area contributed by atoms with Crippen molar-refractivity contribution in [3.8, 4) is 0 Å². The average molecular weight is 308 g/mol. The molecule has 4 aromatic carbocycles. The van der Waals surface area contributed by atoms with Crippen LogP contribution in [0.25, 0.3) is 0 Å².